The molecule has 3 rings (SSSR count). The van der Waals surface area contributed by atoms with Crippen molar-refractivity contribution in [1.82, 2.24) is 25.5 Å². The lowest BCUT2D eigenvalue weighted by Gasteiger charge is -2.13. The molecule has 2 heterocycles. The van der Waals surface area contributed by atoms with Crippen LogP contribution in [0.2, 0.25) is 0 Å². The third kappa shape index (κ3) is 2.82. The summed E-state index contributed by atoms with van der Waals surface area (Å²) in [5.41, 5.74) is 0.865. The van der Waals surface area contributed by atoms with Gasteiger partial charge < -0.3 is 14.8 Å². The molecule has 1 aliphatic heterocycles. The van der Waals surface area contributed by atoms with Crippen LogP contribution in [0.5, 0.6) is 11.5 Å². The van der Waals surface area contributed by atoms with Crippen LogP contribution in [0.25, 0.3) is 5.69 Å². The Balaban J connectivity index is 1.94. The second-order valence-corrected chi connectivity index (χ2v) is 4.91. The van der Waals surface area contributed by atoms with Gasteiger partial charge in [-0.2, -0.15) is 4.68 Å². The largest absolute Gasteiger partial charge is 0.490 e. The van der Waals surface area contributed by atoms with E-state index in [4.69, 9.17) is 9.47 Å². The molecule has 1 atom stereocenters. The van der Waals surface area contributed by atoms with Crippen molar-refractivity contribution in [1.29, 1.82) is 0 Å². The van der Waals surface area contributed by atoms with E-state index in [-0.39, 0.29) is 6.04 Å². The number of nitrogens with zero attached hydrogens (tertiary/aromatic N) is 4. The second-order valence-electron chi connectivity index (χ2n) is 4.91. The van der Waals surface area contributed by atoms with Gasteiger partial charge in [-0.3, -0.25) is 0 Å². The molecule has 0 amide bonds. The molecule has 1 aromatic carbocycles. The van der Waals surface area contributed by atoms with Gasteiger partial charge >= 0.3 is 0 Å². The van der Waals surface area contributed by atoms with Crippen molar-refractivity contribution in [3.8, 4) is 17.2 Å². The molecule has 0 saturated heterocycles. The van der Waals surface area contributed by atoms with Crippen molar-refractivity contribution in [2.24, 2.45) is 0 Å². The minimum atomic E-state index is 0.0704. The minimum absolute atomic E-state index is 0.0704. The average molecular weight is 289 g/mol. The molecule has 1 N–H and O–H groups in total. The Hall–Kier alpha value is -2.15. The molecule has 1 aromatic heterocycles. The van der Waals surface area contributed by atoms with Gasteiger partial charge in [0, 0.05) is 12.5 Å². The van der Waals surface area contributed by atoms with Gasteiger partial charge in [-0.15, -0.1) is 5.10 Å². The monoisotopic (exact) mass is 289 g/mol. The maximum Gasteiger partial charge on any atom is 0.173 e. The van der Waals surface area contributed by atoms with Crippen LogP contribution in [0, 0.1) is 0 Å². The summed E-state index contributed by atoms with van der Waals surface area (Å²) in [6.45, 7) is 6.29. The van der Waals surface area contributed by atoms with Crippen LogP contribution < -0.4 is 14.8 Å². The first-order valence-electron chi connectivity index (χ1n) is 7.21. The van der Waals surface area contributed by atoms with E-state index >= 15 is 0 Å². The molecule has 0 spiro atoms. The first-order chi connectivity index (χ1) is 10.3. The zero-order valence-electron chi connectivity index (χ0n) is 12.2. The summed E-state index contributed by atoms with van der Waals surface area (Å²) in [5, 5.41) is 15.3. The molecule has 21 heavy (non-hydrogen) atoms. The molecule has 0 fully saturated rings. The van der Waals surface area contributed by atoms with Gasteiger partial charge in [-0.25, -0.2) is 0 Å². The molecule has 1 aliphatic rings. The summed E-state index contributed by atoms with van der Waals surface area (Å²) in [5.74, 6) is 2.28. The molecule has 7 nitrogen and oxygen atoms in total. The van der Waals surface area contributed by atoms with E-state index in [0.717, 1.165) is 36.0 Å². The first-order valence-corrected chi connectivity index (χ1v) is 7.21. The summed E-state index contributed by atoms with van der Waals surface area (Å²) in [6, 6.07) is 5.82. The number of tetrazole rings is 1. The van der Waals surface area contributed by atoms with Gasteiger partial charge in [0.25, 0.3) is 0 Å². The Morgan fingerprint density at radius 2 is 2.10 bits per heavy atom. The molecule has 0 bridgehead atoms. The number of hydrogen-bond acceptors (Lipinski definition) is 6. The summed E-state index contributed by atoms with van der Waals surface area (Å²) in [7, 11) is 0. The van der Waals surface area contributed by atoms with Gasteiger partial charge in [0.2, 0.25) is 0 Å². The van der Waals surface area contributed by atoms with Crippen molar-refractivity contribution >= 4 is 0 Å². The van der Waals surface area contributed by atoms with Gasteiger partial charge in [0.05, 0.1) is 24.9 Å². The Bertz CT molecular complexity index is 613. The first kappa shape index (κ1) is 13.8. The van der Waals surface area contributed by atoms with Crippen LogP contribution in [0.1, 0.15) is 32.1 Å². The van der Waals surface area contributed by atoms with Crippen molar-refractivity contribution < 1.29 is 9.47 Å². The van der Waals surface area contributed by atoms with Crippen molar-refractivity contribution in [3.63, 3.8) is 0 Å². The number of hydrogen-bond donors (Lipinski definition) is 1. The van der Waals surface area contributed by atoms with Crippen LogP contribution >= 0.6 is 0 Å². The van der Waals surface area contributed by atoms with Crippen molar-refractivity contribution in [2.45, 2.75) is 26.3 Å². The highest BCUT2D eigenvalue weighted by molar-refractivity contribution is 5.49. The third-order valence-corrected chi connectivity index (χ3v) is 3.37. The fraction of sp³-hybridized carbons (Fsp3) is 0.500. The number of benzene rings is 1. The highest BCUT2D eigenvalue weighted by Gasteiger charge is 2.17. The number of fused-ring (bicyclic) bond motifs is 1. The van der Waals surface area contributed by atoms with E-state index in [9.17, 15) is 0 Å². The maximum atomic E-state index is 5.71. The zero-order valence-corrected chi connectivity index (χ0v) is 12.2. The Morgan fingerprint density at radius 3 is 2.90 bits per heavy atom. The number of rotatable bonds is 4. The van der Waals surface area contributed by atoms with E-state index in [2.05, 4.69) is 27.8 Å². The lowest BCUT2D eigenvalue weighted by atomic mass is 10.2. The average Bonchev–Trinajstić information content (AvgIpc) is 2.86. The summed E-state index contributed by atoms with van der Waals surface area (Å²) >= 11 is 0. The SMILES string of the molecule is CCNC(C)c1nnnn1-c1ccc2c(c1)OCCCO2. The van der Waals surface area contributed by atoms with Crippen LogP contribution in [-0.4, -0.2) is 40.0 Å². The molecular weight excluding hydrogens is 270 g/mol. The predicted octanol–water partition coefficient (Wildman–Crippen LogP) is 1.49. The van der Waals surface area contributed by atoms with E-state index in [1.54, 1.807) is 4.68 Å². The predicted molar refractivity (Wildman–Crippen MR) is 76.9 cm³/mol. The zero-order chi connectivity index (χ0) is 14.7. The normalized spacial score (nSPS) is 15.5. The molecular formula is C14H19N5O2. The Labute approximate surface area is 123 Å². The summed E-state index contributed by atoms with van der Waals surface area (Å²) in [6.07, 6.45) is 0.887. The highest BCUT2D eigenvalue weighted by Crippen LogP contribution is 2.31. The lowest BCUT2D eigenvalue weighted by Crippen LogP contribution is -2.21. The van der Waals surface area contributed by atoms with Gasteiger partial charge in [-0.05, 0) is 36.0 Å². The molecule has 1 unspecified atom stereocenters. The number of nitrogens with one attached hydrogen (secondary N) is 1. The van der Waals surface area contributed by atoms with Crippen LogP contribution in [0.4, 0.5) is 0 Å². The Kier molecular flexibility index (Phi) is 4.01. The molecule has 112 valence electrons. The molecule has 0 saturated carbocycles. The fourth-order valence-electron chi connectivity index (χ4n) is 2.33. The number of ether oxygens (including phenoxy) is 2. The van der Waals surface area contributed by atoms with Crippen molar-refractivity contribution in [3.05, 3.63) is 24.0 Å². The van der Waals surface area contributed by atoms with Crippen LogP contribution in [0.3, 0.4) is 0 Å². The highest BCUT2D eigenvalue weighted by atomic mass is 16.5. The van der Waals surface area contributed by atoms with E-state index in [1.807, 2.05) is 25.1 Å². The van der Waals surface area contributed by atoms with Gasteiger partial charge in [0.15, 0.2) is 17.3 Å². The van der Waals surface area contributed by atoms with E-state index in [0.29, 0.717) is 13.2 Å². The minimum Gasteiger partial charge on any atom is -0.490 e. The lowest BCUT2D eigenvalue weighted by molar-refractivity contribution is 0.297. The van der Waals surface area contributed by atoms with Gasteiger partial charge in [-0.1, -0.05) is 6.92 Å². The third-order valence-electron chi connectivity index (χ3n) is 3.37. The fourth-order valence-corrected chi connectivity index (χ4v) is 2.33. The summed E-state index contributed by atoms with van der Waals surface area (Å²) in [4.78, 5) is 0. The maximum absolute atomic E-state index is 5.71. The quantitative estimate of drug-likeness (QED) is 0.919. The standard InChI is InChI=1S/C14H19N5O2/c1-3-15-10(2)14-16-17-18-19(14)11-5-6-12-13(9-11)21-8-4-7-20-12/h5-6,9-10,15H,3-4,7-8H2,1-2H3. The molecule has 2 aromatic rings. The van der Waals surface area contributed by atoms with Crippen molar-refractivity contribution in [2.75, 3.05) is 19.8 Å². The molecule has 0 radical (unpaired) electrons. The molecule has 7 heteroatoms. The van der Waals surface area contributed by atoms with E-state index < -0.39 is 0 Å². The molecule has 0 aliphatic carbocycles. The van der Waals surface area contributed by atoms with Crippen LogP contribution in [0.15, 0.2) is 18.2 Å². The summed E-state index contributed by atoms with van der Waals surface area (Å²) < 4.78 is 13.1. The number of aromatic nitrogens is 4. The topological polar surface area (TPSA) is 74.1 Å². The van der Waals surface area contributed by atoms with Gasteiger partial charge in [0.1, 0.15) is 0 Å². The van der Waals surface area contributed by atoms with Crippen LogP contribution in [-0.2, 0) is 0 Å². The Morgan fingerprint density at radius 1 is 1.29 bits per heavy atom. The smallest absolute Gasteiger partial charge is 0.173 e. The second kappa shape index (κ2) is 6.09. The van der Waals surface area contributed by atoms with E-state index in [1.165, 1.54) is 0 Å².